The molecule has 0 bridgehead atoms. The Morgan fingerprint density at radius 1 is 1.14 bits per heavy atom. The molecule has 0 radical (unpaired) electrons. The van der Waals surface area contributed by atoms with Crippen LogP contribution in [0.25, 0.3) is 0 Å². The number of hydrogen-bond donors (Lipinski definition) is 2. The summed E-state index contributed by atoms with van der Waals surface area (Å²) in [6.07, 6.45) is 0. The average molecular weight is 545 g/mol. The lowest BCUT2D eigenvalue weighted by Gasteiger charge is -2.26. The Bertz CT molecular complexity index is 1020. The van der Waals surface area contributed by atoms with Crippen molar-refractivity contribution >= 4 is 61.5 Å². The zero-order valence-corrected chi connectivity index (χ0v) is 19.4. The van der Waals surface area contributed by atoms with E-state index >= 15 is 0 Å². The molecule has 0 aliphatic carbocycles. The molecule has 3 rings (SSSR count). The summed E-state index contributed by atoms with van der Waals surface area (Å²) >= 11 is 7.37. The number of carbonyl (C=O) groups excluding carboxylic acids is 1. The van der Waals surface area contributed by atoms with Crippen LogP contribution in [0.2, 0.25) is 0 Å². The largest absolute Gasteiger partial charge is 0.379 e. The lowest BCUT2D eigenvalue weighted by atomic mass is 10.1. The van der Waals surface area contributed by atoms with Crippen LogP contribution in [0, 0.1) is 10.5 Å². The van der Waals surface area contributed by atoms with Crippen molar-refractivity contribution in [1.82, 2.24) is 9.62 Å². The van der Waals surface area contributed by atoms with Crippen LogP contribution in [-0.4, -0.2) is 50.0 Å². The fraction of sp³-hybridized carbons (Fsp3) is 0.263. The minimum absolute atomic E-state index is 0.134. The summed E-state index contributed by atoms with van der Waals surface area (Å²) in [5.41, 5.74) is 2.18. The number of halogens is 1. The minimum Gasteiger partial charge on any atom is -0.379 e. The highest BCUT2D eigenvalue weighted by atomic mass is 127. The molecule has 29 heavy (non-hydrogen) atoms. The molecule has 1 amide bonds. The van der Waals surface area contributed by atoms with E-state index in [-0.39, 0.29) is 15.9 Å². The zero-order valence-electron chi connectivity index (χ0n) is 15.6. The molecule has 10 heteroatoms. The summed E-state index contributed by atoms with van der Waals surface area (Å²) in [5.74, 6) is -0.313. The number of nitrogens with one attached hydrogen (secondary N) is 2. The molecule has 0 spiro atoms. The highest BCUT2D eigenvalue weighted by molar-refractivity contribution is 14.1. The summed E-state index contributed by atoms with van der Waals surface area (Å²) in [4.78, 5) is 12.5. The van der Waals surface area contributed by atoms with Crippen LogP contribution in [0.5, 0.6) is 0 Å². The van der Waals surface area contributed by atoms with Crippen molar-refractivity contribution in [2.24, 2.45) is 0 Å². The maximum atomic E-state index is 12.6. The fourth-order valence-electron chi connectivity index (χ4n) is 2.72. The van der Waals surface area contributed by atoms with Gasteiger partial charge in [0.1, 0.15) is 0 Å². The molecule has 154 valence electrons. The first kappa shape index (κ1) is 22.1. The first-order valence-corrected chi connectivity index (χ1v) is 11.8. The monoisotopic (exact) mass is 545 g/mol. The number of hydrogen-bond acceptors (Lipinski definition) is 5. The molecule has 0 atom stereocenters. The van der Waals surface area contributed by atoms with Crippen LogP contribution in [0.1, 0.15) is 15.9 Å². The molecular weight excluding hydrogens is 525 g/mol. The molecule has 2 aromatic rings. The summed E-state index contributed by atoms with van der Waals surface area (Å²) in [7, 11) is -3.55. The lowest BCUT2D eigenvalue weighted by molar-refractivity contribution is 0.0730. The number of sulfonamides is 1. The van der Waals surface area contributed by atoms with Gasteiger partial charge in [0.2, 0.25) is 10.0 Å². The third kappa shape index (κ3) is 5.51. The predicted octanol–water partition coefficient (Wildman–Crippen LogP) is 2.75. The van der Waals surface area contributed by atoms with E-state index in [1.807, 2.05) is 13.0 Å². The van der Waals surface area contributed by atoms with Crippen molar-refractivity contribution in [3.05, 3.63) is 57.2 Å². The molecular formula is C19H20IN3O4S2. The second-order valence-electron chi connectivity index (χ2n) is 6.41. The first-order chi connectivity index (χ1) is 13.8. The molecule has 0 unspecified atom stereocenters. The third-order valence-electron chi connectivity index (χ3n) is 4.38. The van der Waals surface area contributed by atoms with E-state index in [4.69, 9.17) is 17.0 Å². The van der Waals surface area contributed by atoms with E-state index in [0.29, 0.717) is 37.6 Å². The van der Waals surface area contributed by atoms with Gasteiger partial charge in [-0.3, -0.25) is 10.1 Å². The highest BCUT2D eigenvalue weighted by Crippen LogP contribution is 2.19. The summed E-state index contributed by atoms with van der Waals surface area (Å²) in [6, 6.07) is 11.7. The maximum absolute atomic E-state index is 12.6. The van der Waals surface area contributed by atoms with Gasteiger partial charge in [0.15, 0.2) is 5.11 Å². The number of ether oxygens (including phenoxy) is 1. The van der Waals surface area contributed by atoms with Crippen LogP contribution in [0.3, 0.4) is 0 Å². The SMILES string of the molecule is Cc1ccc(C(=O)NC(=S)Nc2ccc(S(=O)(=O)N3CCOCC3)cc2)cc1I. The van der Waals surface area contributed by atoms with Gasteiger partial charge < -0.3 is 10.1 Å². The fourth-order valence-corrected chi connectivity index (χ4v) is 4.85. The molecule has 0 saturated carbocycles. The quantitative estimate of drug-likeness (QED) is 0.454. The van der Waals surface area contributed by atoms with Crippen LogP contribution in [-0.2, 0) is 14.8 Å². The number of morpholine rings is 1. The Balaban J connectivity index is 1.62. The van der Waals surface area contributed by atoms with Gasteiger partial charge in [-0.2, -0.15) is 4.31 Å². The number of carbonyl (C=O) groups is 1. The van der Waals surface area contributed by atoms with E-state index in [0.717, 1.165) is 9.13 Å². The normalized spacial score (nSPS) is 15.0. The summed E-state index contributed by atoms with van der Waals surface area (Å²) in [5, 5.41) is 5.66. The van der Waals surface area contributed by atoms with Crippen molar-refractivity contribution in [3.8, 4) is 0 Å². The third-order valence-corrected chi connectivity index (χ3v) is 7.66. The number of benzene rings is 2. The minimum atomic E-state index is -3.55. The Labute approximate surface area is 189 Å². The van der Waals surface area contributed by atoms with Crippen LogP contribution < -0.4 is 10.6 Å². The zero-order chi connectivity index (χ0) is 21.0. The van der Waals surface area contributed by atoms with Gasteiger partial charge in [0, 0.05) is 27.9 Å². The number of aryl methyl sites for hydroxylation is 1. The van der Waals surface area contributed by atoms with E-state index in [2.05, 4.69) is 33.2 Å². The first-order valence-electron chi connectivity index (χ1n) is 8.84. The van der Waals surface area contributed by atoms with Gasteiger partial charge in [0.05, 0.1) is 18.1 Å². The molecule has 1 saturated heterocycles. The van der Waals surface area contributed by atoms with E-state index in [1.165, 1.54) is 16.4 Å². The van der Waals surface area contributed by atoms with Gasteiger partial charge in [-0.15, -0.1) is 0 Å². The molecule has 0 aromatic heterocycles. The Morgan fingerprint density at radius 3 is 2.41 bits per heavy atom. The molecule has 2 aromatic carbocycles. The number of anilines is 1. The average Bonchev–Trinajstić information content (AvgIpc) is 2.71. The Kier molecular flexibility index (Phi) is 7.22. The Morgan fingerprint density at radius 2 is 1.79 bits per heavy atom. The number of amides is 1. The number of nitrogens with zero attached hydrogens (tertiary/aromatic N) is 1. The van der Waals surface area contributed by atoms with Crippen molar-refractivity contribution in [3.63, 3.8) is 0 Å². The molecule has 1 fully saturated rings. The standard InChI is InChI=1S/C19H20IN3O4S2/c1-13-2-3-14(12-17(13)20)18(24)22-19(28)21-15-4-6-16(7-5-15)29(25,26)23-8-10-27-11-9-23/h2-7,12H,8-11H2,1H3,(H2,21,22,24,28). The topological polar surface area (TPSA) is 87.7 Å². The number of rotatable bonds is 4. The second-order valence-corrected chi connectivity index (χ2v) is 9.92. The highest BCUT2D eigenvalue weighted by Gasteiger charge is 2.26. The van der Waals surface area contributed by atoms with Crippen molar-refractivity contribution in [2.75, 3.05) is 31.6 Å². The van der Waals surface area contributed by atoms with Crippen LogP contribution >= 0.6 is 34.8 Å². The van der Waals surface area contributed by atoms with Crippen molar-refractivity contribution in [2.45, 2.75) is 11.8 Å². The van der Waals surface area contributed by atoms with Crippen molar-refractivity contribution in [1.29, 1.82) is 0 Å². The molecule has 2 N–H and O–H groups in total. The maximum Gasteiger partial charge on any atom is 0.257 e. The van der Waals surface area contributed by atoms with Gasteiger partial charge in [0.25, 0.3) is 5.91 Å². The van der Waals surface area contributed by atoms with Crippen LogP contribution in [0.4, 0.5) is 5.69 Å². The van der Waals surface area contributed by atoms with E-state index in [1.54, 1.807) is 24.3 Å². The van der Waals surface area contributed by atoms with E-state index < -0.39 is 10.0 Å². The van der Waals surface area contributed by atoms with Gasteiger partial charge in [-0.05, 0) is 83.7 Å². The van der Waals surface area contributed by atoms with E-state index in [9.17, 15) is 13.2 Å². The van der Waals surface area contributed by atoms with Gasteiger partial charge in [-0.1, -0.05) is 6.07 Å². The molecule has 1 aliphatic rings. The van der Waals surface area contributed by atoms with Gasteiger partial charge >= 0.3 is 0 Å². The number of thiocarbonyl (C=S) groups is 1. The summed E-state index contributed by atoms with van der Waals surface area (Å²) in [6.45, 7) is 3.45. The molecule has 1 heterocycles. The smallest absolute Gasteiger partial charge is 0.257 e. The summed E-state index contributed by atoms with van der Waals surface area (Å²) < 4.78 is 32.9. The Hall–Kier alpha value is -1.60. The molecule has 7 nitrogen and oxygen atoms in total. The van der Waals surface area contributed by atoms with Gasteiger partial charge in [-0.25, -0.2) is 8.42 Å². The van der Waals surface area contributed by atoms with Crippen molar-refractivity contribution < 1.29 is 17.9 Å². The molecule has 1 aliphatic heterocycles. The lowest BCUT2D eigenvalue weighted by Crippen LogP contribution is -2.40. The van der Waals surface area contributed by atoms with Crippen LogP contribution in [0.15, 0.2) is 47.4 Å². The second kappa shape index (κ2) is 9.47. The predicted molar refractivity (Wildman–Crippen MR) is 124 cm³/mol.